The minimum atomic E-state index is 0.154. The second-order valence-corrected chi connectivity index (χ2v) is 7.25. The van der Waals surface area contributed by atoms with Crippen molar-refractivity contribution < 1.29 is 0 Å². The molecule has 0 aromatic carbocycles. The van der Waals surface area contributed by atoms with Gasteiger partial charge in [-0.1, -0.05) is 0 Å². The van der Waals surface area contributed by atoms with Crippen LogP contribution in [0.2, 0.25) is 0 Å². The molecule has 5 rings (SSSR count). The minimum absolute atomic E-state index is 0.154. The number of nitrogens with one attached hydrogen (secondary N) is 2. The van der Waals surface area contributed by atoms with E-state index >= 15 is 0 Å². The SMILES string of the molecule is Cc1cc(-c2ccc3nc(Nc4ccn[nH]4)c(-c4nc(C)nc(N)n4)n3c2)cc(C)n1. The van der Waals surface area contributed by atoms with E-state index in [9.17, 15) is 0 Å². The Balaban J connectivity index is 1.74. The summed E-state index contributed by atoms with van der Waals surface area (Å²) in [7, 11) is 0. The minimum Gasteiger partial charge on any atom is -0.368 e. The summed E-state index contributed by atoms with van der Waals surface area (Å²) in [4.78, 5) is 22.2. The van der Waals surface area contributed by atoms with Gasteiger partial charge in [0.1, 0.15) is 23.0 Å². The fourth-order valence-corrected chi connectivity index (χ4v) is 3.58. The van der Waals surface area contributed by atoms with Gasteiger partial charge in [0.2, 0.25) is 5.95 Å². The molecule has 0 saturated carbocycles. The first kappa shape index (κ1) is 18.7. The highest BCUT2D eigenvalue weighted by molar-refractivity contribution is 5.77. The third kappa shape index (κ3) is 3.54. The lowest BCUT2D eigenvalue weighted by molar-refractivity contribution is 0.983. The van der Waals surface area contributed by atoms with Crippen LogP contribution in [0, 0.1) is 20.8 Å². The number of hydrogen-bond acceptors (Lipinski definition) is 8. The number of aromatic amines is 1. The number of nitrogens with zero attached hydrogens (tertiary/aromatic N) is 7. The topological polar surface area (TPSA) is 136 Å². The van der Waals surface area contributed by atoms with Crippen LogP contribution in [-0.2, 0) is 0 Å². The van der Waals surface area contributed by atoms with Crippen LogP contribution in [0.15, 0.2) is 42.7 Å². The molecule has 0 bridgehead atoms. The number of H-pyrrole nitrogens is 1. The fraction of sp³-hybridized carbons (Fsp3) is 0.143. The Bertz CT molecular complexity index is 1360. The van der Waals surface area contributed by atoms with Gasteiger partial charge < -0.3 is 11.1 Å². The molecule has 0 fully saturated rings. The van der Waals surface area contributed by atoms with E-state index in [2.05, 4.69) is 47.6 Å². The summed E-state index contributed by atoms with van der Waals surface area (Å²) >= 11 is 0. The Hall–Kier alpha value is -4.34. The maximum absolute atomic E-state index is 5.91. The summed E-state index contributed by atoms with van der Waals surface area (Å²) in [6.45, 7) is 5.75. The first-order valence-corrected chi connectivity index (χ1v) is 9.69. The first-order chi connectivity index (χ1) is 15.0. The smallest absolute Gasteiger partial charge is 0.223 e. The average Bonchev–Trinajstić information content (AvgIpc) is 3.33. The number of hydrogen-bond donors (Lipinski definition) is 3. The molecule has 0 amide bonds. The number of nitrogens with two attached hydrogens (primary N) is 1. The predicted octanol–water partition coefficient (Wildman–Crippen LogP) is 3.22. The largest absolute Gasteiger partial charge is 0.368 e. The molecule has 4 N–H and O–H groups in total. The first-order valence-electron chi connectivity index (χ1n) is 9.69. The van der Waals surface area contributed by atoms with Crippen molar-refractivity contribution in [3.8, 4) is 22.6 Å². The monoisotopic (exact) mass is 412 g/mol. The maximum atomic E-state index is 5.91. The molecule has 10 heteroatoms. The van der Waals surface area contributed by atoms with E-state index in [1.165, 1.54) is 0 Å². The molecule has 5 aromatic rings. The van der Waals surface area contributed by atoms with Gasteiger partial charge in [-0.2, -0.15) is 15.1 Å². The standard InChI is InChI=1S/C21H20N10/c1-11-8-15(9-12(2)24-11)14-4-5-17-28-20(27-16-6-7-23-30-16)18(31(17)10-14)19-25-13(3)26-21(22)29-19/h4-10H,1-3H3,(H2,23,27,30)(H2,22,25,26,29). The van der Waals surface area contributed by atoms with Crippen molar-refractivity contribution in [2.75, 3.05) is 11.1 Å². The normalized spacial score (nSPS) is 11.2. The second kappa shape index (κ2) is 7.17. The van der Waals surface area contributed by atoms with Crippen LogP contribution in [-0.4, -0.2) is 39.5 Å². The molecule has 5 heterocycles. The summed E-state index contributed by atoms with van der Waals surface area (Å²) < 4.78 is 1.95. The van der Waals surface area contributed by atoms with Crippen LogP contribution >= 0.6 is 0 Å². The Labute approximate surface area is 177 Å². The molecule has 0 aliphatic carbocycles. The van der Waals surface area contributed by atoms with Gasteiger partial charge in [0, 0.05) is 23.7 Å². The summed E-state index contributed by atoms with van der Waals surface area (Å²) in [5, 5.41) is 10.1. The summed E-state index contributed by atoms with van der Waals surface area (Å²) in [5.74, 6) is 2.39. The predicted molar refractivity (Wildman–Crippen MR) is 118 cm³/mol. The molecule has 10 nitrogen and oxygen atoms in total. The van der Waals surface area contributed by atoms with Gasteiger partial charge in [0.15, 0.2) is 11.6 Å². The number of imidazole rings is 1. The van der Waals surface area contributed by atoms with Gasteiger partial charge in [0.05, 0.1) is 6.20 Å². The van der Waals surface area contributed by atoms with Crippen molar-refractivity contribution in [2.24, 2.45) is 0 Å². The van der Waals surface area contributed by atoms with E-state index in [0.29, 0.717) is 29.0 Å². The van der Waals surface area contributed by atoms with Crippen LogP contribution < -0.4 is 11.1 Å². The van der Waals surface area contributed by atoms with Crippen LogP contribution in [0.3, 0.4) is 0 Å². The van der Waals surface area contributed by atoms with Crippen molar-refractivity contribution in [3.63, 3.8) is 0 Å². The quantitative estimate of drug-likeness (QED) is 0.409. The molecule has 5 aromatic heterocycles. The van der Waals surface area contributed by atoms with Crippen LogP contribution in [0.1, 0.15) is 17.2 Å². The van der Waals surface area contributed by atoms with E-state index in [1.807, 2.05) is 42.6 Å². The number of pyridine rings is 2. The zero-order valence-corrected chi connectivity index (χ0v) is 17.2. The van der Waals surface area contributed by atoms with Crippen LogP contribution in [0.5, 0.6) is 0 Å². The van der Waals surface area contributed by atoms with E-state index in [-0.39, 0.29) is 5.95 Å². The van der Waals surface area contributed by atoms with Gasteiger partial charge in [-0.3, -0.25) is 14.5 Å². The lowest BCUT2D eigenvalue weighted by Gasteiger charge is -2.08. The number of nitrogen functional groups attached to an aromatic ring is 1. The molecule has 0 saturated heterocycles. The molecule has 0 unspecified atom stereocenters. The van der Waals surface area contributed by atoms with Crippen molar-refractivity contribution in [2.45, 2.75) is 20.8 Å². The highest BCUT2D eigenvalue weighted by Gasteiger charge is 2.19. The van der Waals surface area contributed by atoms with E-state index in [4.69, 9.17) is 10.7 Å². The zero-order valence-electron chi connectivity index (χ0n) is 17.2. The number of aromatic nitrogens is 8. The van der Waals surface area contributed by atoms with Gasteiger partial charge in [-0.25, -0.2) is 9.97 Å². The van der Waals surface area contributed by atoms with Crippen LogP contribution in [0.25, 0.3) is 28.3 Å². The van der Waals surface area contributed by atoms with E-state index < -0.39 is 0 Å². The highest BCUT2D eigenvalue weighted by atomic mass is 15.2. The number of anilines is 3. The van der Waals surface area contributed by atoms with Gasteiger partial charge in [-0.05, 0) is 56.2 Å². The molecule has 0 spiro atoms. The van der Waals surface area contributed by atoms with Gasteiger partial charge in [-0.15, -0.1) is 0 Å². The summed E-state index contributed by atoms with van der Waals surface area (Å²) in [6.07, 6.45) is 3.68. The van der Waals surface area contributed by atoms with Crippen molar-refractivity contribution in [1.29, 1.82) is 0 Å². The Morgan fingerprint density at radius 3 is 2.42 bits per heavy atom. The summed E-state index contributed by atoms with van der Waals surface area (Å²) in [6, 6.07) is 9.92. The number of rotatable bonds is 4. The van der Waals surface area contributed by atoms with Gasteiger partial charge >= 0.3 is 0 Å². The molecule has 154 valence electrons. The Morgan fingerprint density at radius 2 is 1.71 bits per heavy atom. The summed E-state index contributed by atoms with van der Waals surface area (Å²) in [5.41, 5.74) is 11.3. The third-order valence-electron chi connectivity index (χ3n) is 4.76. The lowest BCUT2D eigenvalue weighted by atomic mass is 10.1. The lowest BCUT2D eigenvalue weighted by Crippen LogP contribution is -2.05. The molecule has 31 heavy (non-hydrogen) atoms. The molecule has 0 aliphatic rings. The molecular weight excluding hydrogens is 392 g/mol. The van der Waals surface area contributed by atoms with Crippen molar-refractivity contribution in [1.82, 2.24) is 39.5 Å². The average molecular weight is 412 g/mol. The number of fused-ring (bicyclic) bond motifs is 1. The maximum Gasteiger partial charge on any atom is 0.223 e. The van der Waals surface area contributed by atoms with Crippen molar-refractivity contribution >= 4 is 23.2 Å². The second-order valence-electron chi connectivity index (χ2n) is 7.25. The van der Waals surface area contributed by atoms with Gasteiger partial charge in [0.25, 0.3) is 0 Å². The van der Waals surface area contributed by atoms with E-state index in [0.717, 1.165) is 28.2 Å². The molecule has 0 atom stereocenters. The van der Waals surface area contributed by atoms with Crippen molar-refractivity contribution in [3.05, 3.63) is 59.9 Å². The molecule has 0 radical (unpaired) electrons. The molecule has 0 aliphatic heterocycles. The Kier molecular flexibility index (Phi) is 4.32. The number of aryl methyl sites for hydroxylation is 3. The van der Waals surface area contributed by atoms with Crippen LogP contribution in [0.4, 0.5) is 17.6 Å². The third-order valence-corrected chi connectivity index (χ3v) is 4.76. The molecular formula is C21H20N10. The highest BCUT2D eigenvalue weighted by Crippen LogP contribution is 2.31. The Morgan fingerprint density at radius 1 is 0.903 bits per heavy atom. The zero-order chi connectivity index (χ0) is 21.5. The fourth-order valence-electron chi connectivity index (χ4n) is 3.58. The van der Waals surface area contributed by atoms with E-state index in [1.54, 1.807) is 13.1 Å².